The fraction of sp³-hybridized carbons (Fsp3) is 0.278. The molecule has 1 atom stereocenters. The van der Waals surface area contributed by atoms with E-state index in [2.05, 4.69) is 15.6 Å². The van der Waals surface area contributed by atoms with Gasteiger partial charge >= 0.3 is 0 Å². The molecule has 8 heteroatoms. The van der Waals surface area contributed by atoms with Gasteiger partial charge in [-0.05, 0) is 31.0 Å². The van der Waals surface area contributed by atoms with Gasteiger partial charge in [-0.2, -0.15) is 0 Å². The molecule has 2 aromatic rings. The number of amides is 2. The van der Waals surface area contributed by atoms with Crippen LogP contribution in [0, 0.1) is 0 Å². The van der Waals surface area contributed by atoms with Gasteiger partial charge in [0, 0.05) is 19.3 Å². The van der Waals surface area contributed by atoms with Crippen LogP contribution >= 0.6 is 23.2 Å². The molecule has 2 heterocycles. The van der Waals surface area contributed by atoms with Gasteiger partial charge in [-0.1, -0.05) is 35.3 Å². The van der Waals surface area contributed by atoms with E-state index >= 15 is 0 Å². The third kappa shape index (κ3) is 4.52. The molecule has 26 heavy (non-hydrogen) atoms. The van der Waals surface area contributed by atoms with Gasteiger partial charge in [-0.15, -0.1) is 0 Å². The van der Waals surface area contributed by atoms with Crippen molar-refractivity contribution in [3.05, 3.63) is 57.8 Å². The molecule has 0 bridgehead atoms. The minimum atomic E-state index is -0.435. The van der Waals surface area contributed by atoms with Crippen LogP contribution in [-0.4, -0.2) is 36.1 Å². The second-order valence-electron chi connectivity index (χ2n) is 5.84. The first-order valence-electron chi connectivity index (χ1n) is 8.16. The number of pyridine rings is 1. The number of para-hydroxylation sites is 1. The summed E-state index contributed by atoms with van der Waals surface area (Å²) in [5.41, 5.74) is 1.01. The van der Waals surface area contributed by atoms with Crippen LogP contribution < -0.4 is 10.6 Å². The Morgan fingerprint density at radius 2 is 2.04 bits per heavy atom. The minimum absolute atomic E-state index is 0.0444. The Morgan fingerprint density at radius 3 is 2.77 bits per heavy atom. The normalized spacial score (nSPS) is 16.3. The van der Waals surface area contributed by atoms with Crippen LogP contribution in [0.15, 0.2) is 36.5 Å². The van der Waals surface area contributed by atoms with E-state index in [4.69, 9.17) is 27.9 Å². The number of halogens is 2. The van der Waals surface area contributed by atoms with Crippen molar-refractivity contribution in [2.24, 2.45) is 0 Å². The first-order valence-corrected chi connectivity index (χ1v) is 8.91. The van der Waals surface area contributed by atoms with E-state index in [1.165, 1.54) is 12.3 Å². The zero-order valence-corrected chi connectivity index (χ0v) is 15.3. The Kier molecular flexibility index (Phi) is 6.08. The molecule has 0 radical (unpaired) electrons. The minimum Gasteiger partial charge on any atom is -0.376 e. The van der Waals surface area contributed by atoms with Gasteiger partial charge < -0.3 is 15.4 Å². The Bertz CT molecular complexity index is 823. The lowest BCUT2D eigenvalue weighted by Gasteiger charge is -2.14. The maximum absolute atomic E-state index is 12.5. The van der Waals surface area contributed by atoms with Crippen LogP contribution in [0.5, 0.6) is 0 Å². The van der Waals surface area contributed by atoms with E-state index in [-0.39, 0.29) is 27.8 Å². The van der Waals surface area contributed by atoms with E-state index in [1.807, 2.05) is 0 Å². The van der Waals surface area contributed by atoms with Crippen molar-refractivity contribution in [1.82, 2.24) is 10.3 Å². The maximum Gasteiger partial charge on any atom is 0.257 e. The molecule has 1 aromatic heterocycles. The number of nitrogens with zero attached hydrogens (tertiary/aromatic N) is 1. The summed E-state index contributed by atoms with van der Waals surface area (Å²) < 4.78 is 5.50. The Labute approximate surface area is 160 Å². The maximum atomic E-state index is 12.5. The molecule has 2 amide bonds. The molecular formula is C18H17Cl2N3O3. The lowest BCUT2D eigenvalue weighted by Crippen LogP contribution is -2.32. The summed E-state index contributed by atoms with van der Waals surface area (Å²) in [6.45, 7) is 1.17. The van der Waals surface area contributed by atoms with Crippen molar-refractivity contribution in [3.8, 4) is 0 Å². The molecule has 0 aliphatic carbocycles. The van der Waals surface area contributed by atoms with Gasteiger partial charge in [0.1, 0.15) is 5.15 Å². The van der Waals surface area contributed by atoms with Gasteiger partial charge in [0.25, 0.3) is 11.8 Å². The molecule has 2 N–H and O–H groups in total. The summed E-state index contributed by atoms with van der Waals surface area (Å²) in [5, 5.41) is 5.86. The number of anilines is 1. The number of carbonyl (C=O) groups excluding carboxylic acids is 2. The molecule has 1 unspecified atom stereocenters. The number of nitrogens with one attached hydrogen (secondary N) is 2. The number of hydrogen-bond acceptors (Lipinski definition) is 4. The number of carbonyl (C=O) groups is 2. The quantitative estimate of drug-likeness (QED) is 0.761. The zero-order chi connectivity index (χ0) is 18.5. The molecule has 1 fully saturated rings. The van der Waals surface area contributed by atoms with Gasteiger partial charge in [0.15, 0.2) is 0 Å². The first kappa shape index (κ1) is 18.6. The highest BCUT2D eigenvalue weighted by Crippen LogP contribution is 2.21. The highest BCUT2D eigenvalue weighted by Gasteiger charge is 2.19. The number of hydrogen-bond donors (Lipinski definition) is 2. The summed E-state index contributed by atoms with van der Waals surface area (Å²) >= 11 is 11.7. The monoisotopic (exact) mass is 393 g/mol. The lowest BCUT2D eigenvalue weighted by molar-refractivity contribution is 0.0858. The molecule has 6 nitrogen and oxygen atoms in total. The number of ether oxygens (including phenoxy) is 1. The molecule has 3 rings (SSSR count). The molecule has 1 aliphatic heterocycles. The lowest BCUT2D eigenvalue weighted by atomic mass is 10.1. The first-order chi connectivity index (χ1) is 12.5. The summed E-state index contributed by atoms with van der Waals surface area (Å²) in [7, 11) is 0. The number of aromatic nitrogens is 1. The molecular weight excluding hydrogens is 377 g/mol. The van der Waals surface area contributed by atoms with Gasteiger partial charge in [-0.3, -0.25) is 9.59 Å². The second kappa shape index (κ2) is 8.49. The van der Waals surface area contributed by atoms with Crippen molar-refractivity contribution >= 4 is 40.7 Å². The molecule has 136 valence electrons. The fourth-order valence-electron chi connectivity index (χ4n) is 2.64. The van der Waals surface area contributed by atoms with Crippen LogP contribution in [-0.2, 0) is 4.74 Å². The van der Waals surface area contributed by atoms with Gasteiger partial charge in [0.2, 0.25) is 0 Å². The Hall–Kier alpha value is -2.15. The van der Waals surface area contributed by atoms with Gasteiger partial charge in [0.05, 0.1) is 27.9 Å². The van der Waals surface area contributed by atoms with Crippen LogP contribution in [0.4, 0.5) is 5.69 Å². The fourth-order valence-corrected chi connectivity index (χ4v) is 2.91. The van der Waals surface area contributed by atoms with Crippen molar-refractivity contribution in [2.45, 2.75) is 18.9 Å². The third-order valence-corrected chi connectivity index (χ3v) is 4.68. The summed E-state index contributed by atoms with van der Waals surface area (Å²) in [6, 6.07) is 8.20. The predicted molar refractivity (Wildman–Crippen MR) is 100.0 cm³/mol. The van der Waals surface area contributed by atoms with E-state index in [1.54, 1.807) is 24.3 Å². The Balaban J connectivity index is 1.70. The largest absolute Gasteiger partial charge is 0.376 e. The van der Waals surface area contributed by atoms with Gasteiger partial charge in [-0.25, -0.2) is 4.98 Å². The highest BCUT2D eigenvalue weighted by atomic mass is 35.5. The summed E-state index contributed by atoms with van der Waals surface area (Å²) in [5.74, 6) is -0.709. The van der Waals surface area contributed by atoms with E-state index in [0.29, 0.717) is 17.8 Å². The number of benzene rings is 1. The standard InChI is InChI=1S/C18H17Cl2N3O3/c19-14-8-11(9-21-16(14)20)17(24)23-15-6-2-1-5-13(15)18(25)22-10-12-4-3-7-26-12/h1-2,5-6,8-9,12H,3-4,7,10H2,(H,22,25)(H,23,24). The van der Waals surface area contributed by atoms with E-state index < -0.39 is 5.91 Å². The number of rotatable bonds is 5. The average molecular weight is 394 g/mol. The SMILES string of the molecule is O=C(Nc1ccccc1C(=O)NCC1CCCO1)c1cnc(Cl)c(Cl)c1. The van der Waals surface area contributed by atoms with E-state index in [0.717, 1.165) is 19.4 Å². The summed E-state index contributed by atoms with van der Waals surface area (Å²) in [4.78, 5) is 28.7. The zero-order valence-electron chi connectivity index (χ0n) is 13.8. The van der Waals surface area contributed by atoms with E-state index in [9.17, 15) is 9.59 Å². The smallest absolute Gasteiger partial charge is 0.257 e. The highest BCUT2D eigenvalue weighted by molar-refractivity contribution is 6.41. The van der Waals surface area contributed by atoms with Crippen LogP contribution in [0.25, 0.3) is 0 Å². The third-order valence-electron chi connectivity index (χ3n) is 3.99. The Morgan fingerprint density at radius 1 is 1.23 bits per heavy atom. The topological polar surface area (TPSA) is 80.3 Å². The molecule has 0 spiro atoms. The predicted octanol–water partition coefficient (Wildman–Crippen LogP) is 3.55. The second-order valence-corrected chi connectivity index (χ2v) is 6.61. The van der Waals surface area contributed by atoms with Crippen LogP contribution in [0.3, 0.4) is 0 Å². The van der Waals surface area contributed by atoms with Crippen LogP contribution in [0.1, 0.15) is 33.6 Å². The molecule has 0 saturated carbocycles. The molecule has 1 aliphatic rings. The van der Waals surface area contributed by atoms with Crippen LogP contribution in [0.2, 0.25) is 10.2 Å². The van der Waals surface area contributed by atoms with Crippen molar-refractivity contribution < 1.29 is 14.3 Å². The van der Waals surface area contributed by atoms with Crippen molar-refractivity contribution in [1.29, 1.82) is 0 Å². The summed E-state index contributed by atoms with van der Waals surface area (Å²) in [6.07, 6.45) is 3.31. The molecule has 1 saturated heterocycles. The van der Waals surface area contributed by atoms with Crippen molar-refractivity contribution in [2.75, 3.05) is 18.5 Å². The average Bonchev–Trinajstić information content (AvgIpc) is 3.16. The van der Waals surface area contributed by atoms with Crippen molar-refractivity contribution in [3.63, 3.8) is 0 Å². The molecule has 1 aromatic carbocycles.